The molecule has 0 aliphatic carbocycles. The van der Waals surface area contributed by atoms with Crippen LogP contribution >= 0.6 is 20.5 Å². The number of nitrogen functional groups attached to an aromatic ring is 1. The van der Waals surface area contributed by atoms with Gasteiger partial charge in [-0.25, -0.2) is 18.7 Å². The average Bonchev–Trinajstić information content (AvgIpc) is 3.30. The van der Waals surface area contributed by atoms with E-state index in [4.69, 9.17) is 24.3 Å². The molecule has 11 atom stereocenters. The highest BCUT2D eigenvalue weighted by atomic mass is 32.1. The lowest BCUT2D eigenvalue weighted by atomic mass is 9.80. The lowest BCUT2D eigenvalue weighted by Gasteiger charge is -2.46. The van der Waals surface area contributed by atoms with Crippen molar-refractivity contribution in [2.24, 2.45) is 5.92 Å². The maximum Gasteiger partial charge on any atom is 0.475 e. The third-order valence-corrected chi connectivity index (χ3v) is 8.92. The summed E-state index contributed by atoms with van der Waals surface area (Å²) >= 11 is 3.99. The van der Waals surface area contributed by atoms with E-state index in [0.717, 1.165) is 10.8 Å². The molecule has 2 fully saturated rings. The molecular weight excluding hydrogens is 691 g/mol. The molecule has 0 radical (unpaired) electrons. The summed E-state index contributed by atoms with van der Waals surface area (Å²) in [7, 11) is -5.58. The van der Waals surface area contributed by atoms with Crippen molar-refractivity contribution < 1.29 is 78.1 Å². The van der Waals surface area contributed by atoms with Gasteiger partial charge in [0, 0.05) is 31.4 Å². The largest absolute Gasteiger partial charge is 0.477 e. The Morgan fingerprint density at radius 2 is 1.94 bits per heavy atom. The number of phosphoric ester groups is 1. The zero-order valence-corrected chi connectivity index (χ0v) is 26.9. The number of aliphatic hydroxyl groups excluding tert-OH is 6. The lowest BCUT2D eigenvalue weighted by Crippen LogP contribution is -2.62. The Balaban J connectivity index is 1.76. The van der Waals surface area contributed by atoms with E-state index >= 15 is 0 Å². The van der Waals surface area contributed by atoms with Gasteiger partial charge in [-0.3, -0.25) is 18.7 Å². The first kappa shape index (κ1) is 39.9. The number of Topliss-reactive ketones (excluding diaryl/α,β-unsaturated/α-hetero) is 1. The number of carbonyl (C=O) groups excluding carboxylic acids is 2. The van der Waals surface area contributed by atoms with Crippen LogP contribution in [0.2, 0.25) is 0 Å². The van der Waals surface area contributed by atoms with Crippen LogP contribution in [-0.4, -0.2) is 142 Å². The zero-order valence-electron chi connectivity index (χ0n) is 25.1. The third-order valence-electron chi connectivity index (χ3n) is 7.60. The molecule has 1 aromatic heterocycles. The van der Waals surface area contributed by atoms with Gasteiger partial charge >= 0.3 is 19.5 Å². The molecule has 0 saturated carbocycles. The van der Waals surface area contributed by atoms with Gasteiger partial charge in [0.1, 0.15) is 36.3 Å². The highest BCUT2D eigenvalue weighted by molar-refractivity contribution is 7.80. The molecular formula is C25H39N4O17PS. The first-order chi connectivity index (χ1) is 22.4. The molecule has 2 aliphatic rings. The standard InChI is InChI=1S/C25H39N4O17PS/c26-16-3-4-29(24(40)28-16)22-20(37)19(36)15(44-22)10-43-47(41,42)46-25(23(38)39)7-13(32)12(21(45-25)18(35)14(33)9-30)6-11(31)8-27-17(34)2-1-5-48/h3-4,12-15,18-22,30,32-33,35-37,48H,1-2,5-10H2,(H,27,34)(H,38,39)(H,41,42)(H2,26,28,40)/t12-,13?,14-,15-,18-,19?,20+,21?,22-,25-/m1/s1. The number of hydrogen-bond acceptors (Lipinski definition) is 18. The summed E-state index contributed by atoms with van der Waals surface area (Å²) in [5, 5.41) is 74.2. The molecule has 21 nitrogen and oxygen atoms in total. The van der Waals surface area contributed by atoms with Gasteiger partial charge in [-0.05, 0) is 18.2 Å². The monoisotopic (exact) mass is 730 g/mol. The Morgan fingerprint density at radius 1 is 1.25 bits per heavy atom. The van der Waals surface area contributed by atoms with E-state index in [1.165, 1.54) is 6.07 Å². The second kappa shape index (κ2) is 16.9. The molecule has 1 amide bonds. The minimum absolute atomic E-state index is 0.0742. The molecule has 4 unspecified atom stereocenters. The van der Waals surface area contributed by atoms with Crippen molar-refractivity contribution in [1.82, 2.24) is 14.9 Å². The normalized spacial score (nSPS) is 31.5. The number of thiol groups is 1. The number of hydrogen-bond donors (Lipinski definition) is 11. The van der Waals surface area contributed by atoms with Gasteiger partial charge in [-0.2, -0.15) is 17.6 Å². The Labute approximate surface area is 277 Å². The SMILES string of the molecule is Nc1ccn([C@@H]2O[C@H](COP(=O)(O)O[C@@]3(C(=O)O)CC(O)[C@@H](CC(=O)CNC(=O)CCCS)C([C@H](O)[C@H](O)CO)O3)C(O)[C@@H]2O)c(=O)n1. The molecule has 272 valence electrons. The summed E-state index contributed by atoms with van der Waals surface area (Å²) in [6.45, 7) is -2.64. The van der Waals surface area contributed by atoms with E-state index in [9.17, 15) is 64.4 Å². The Bertz CT molecular complexity index is 1400. The molecule has 2 saturated heterocycles. The second-order valence-corrected chi connectivity index (χ2v) is 12.9. The Morgan fingerprint density at radius 3 is 2.54 bits per heavy atom. The molecule has 3 rings (SSSR count). The summed E-state index contributed by atoms with van der Waals surface area (Å²) < 4.78 is 34.2. The number of nitrogens with zero attached hydrogens (tertiary/aromatic N) is 2. The number of rotatable bonds is 17. The first-order valence-corrected chi connectivity index (χ1v) is 16.6. The number of nitrogens with two attached hydrogens (primary N) is 1. The molecule has 48 heavy (non-hydrogen) atoms. The van der Waals surface area contributed by atoms with Crippen LogP contribution < -0.4 is 16.7 Å². The van der Waals surface area contributed by atoms with Gasteiger partial charge < -0.3 is 61.2 Å². The van der Waals surface area contributed by atoms with E-state index in [2.05, 4.69) is 22.9 Å². The van der Waals surface area contributed by atoms with Crippen molar-refractivity contribution in [2.75, 3.05) is 31.2 Å². The van der Waals surface area contributed by atoms with E-state index in [1.54, 1.807) is 0 Å². The van der Waals surface area contributed by atoms with Gasteiger partial charge in [0.2, 0.25) is 5.91 Å². The number of ether oxygens (including phenoxy) is 2. The number of carbonyl (C=O) groups is 3. The predicted octanol–water partition coefficient (Wildman–Crippen LogP) is -4.38. The van der Waals surface area contributed by atoms with Crippen LogP contribution in [0, 0.1) is 5.92 Å². The van der Waals surface area contributed by atoms with Gasteiger partial charge in [0.05, 0.1) is 32.0 Å². The number of carboxylic acid groups (broad SMARTS) is 1. The van der Waals surface area contributed by atoms with Gasteiger partial charge in [0.15, 0.2) is 12.0 Å². The molecule has 2 aliphatic heterocycles. The van der Waals surface area contributed by atoms with Crippen molar-refractivity contribution in [3.8, 4) is 0 Å². The number of anilines is 1. The van der Waals surface area contributed by atoms with Crippen LogP contribution in [0.3, 0.4) is 0 Å². The van der Waals surface area contributed by atoms with Crippen LogP contribution in [-0.2, 0) is 37.5 Å². The van der Waals surface area contributed by atoms with Crippen molar-refractivity contribution >= 4 is 43.9 Å². The summed E-state index contributed by atoms with van der Waals surface area (Å²) in [5.74, 6) is -7.75. The smallest absolute Gasteiger partial charge is 0.475 e. The van der Waals surface area contributed by atoms with E-state index in [1.807, 2.05) is 0 Å². The molecule has 0 aromatic carbocycles. The predicted molar refractivity (Wildman–Crippen MR) is 160 cm³/mol. The maximum atomic E-state index is 13.0. The van der Waals surface area contributed by atoms with E-state index < -0.39 is 124 Å². The van der Waals surface area contributed by atoms with Gasteiger partial charge in [-0.15, -0.1) is 0 Å². The first-order valence-electron chi connectivity index (χ1n) is 14.4. The van der Waals surface area contributed by atoms with Gasteiger partial charge in [-0.1, -0.05) is 0 Å². The van der Waals surface area contributed by atoms with Crippen LogP contribution in [0.25, 0.3) is 0 Å². The average molecular weight is 731 g/mol. The summed E-state index contributed by atoms with van der Waals surface area (Å²) in [4.78, 5) is 63.0. The summed E-state index contributed by atoms with van der Waals surface area (Å²) in [6.07, 6.45) is -15.0. The Kier molecular flexibility index (Phi) is 14.0. The highest BCUT2D eigenvalue weighted by Crippen LogP contribution is 2.52. The number of aliphatic carboxylic acids is 1. The van der Waals surface area contributed by atoms with Crippen molar-refractivity contribution in [2.45, 2.75) is 80.4 Å². The Hall–Kier alpha value is -2.57. The molecule has 1 aromatic rings. The van der Waals surface area contributed by atoms with Crippen molar-refractivity contribution in [3.05, 3.63) is 22.7 Å². The number of aliphatic hydroxyl groups is 6. The highest BCUT2D eigenvalue weighted by Gasteiger charge is 2.58. The van der Waals surface area contributed by atoms with Crippen molar-refractivity contribution in [3.63, 3.8) is 0 Å². The second-order valence-electron chi connectivity index (χ2n) is 11.1. The number of phosphoric acid groups is 1. The fourth-order valence-electron chi connectivity index (χ4n) is 5.10. The third kappa shape index (κ3) is 9.78. The maximum absolute atomic E-state index is 13.0. The molecule has 23 heteroatoms. The van der Waals surface area contributed by atoms with Gasteiger partial charge in [0.25, 0.3) is 5.79 Å². The summed E-state index contributed by atoms with van der Waals surface area (Å²) in [6, 6.07) is 1.20. The minimum atomic E-state index is -5.58. The summed E-state index contributed by atoms with van der Waals surface area (Å²) in [5.41, 5.74) is 4.47. The molecule has 0 bridgehead atoms. The number of aromatic nitrogens is 2. The van der Waals surface area contributed by atoms with Crippen LogP contribution in [0.15, 0.2) is 17.1 Å². The molecule has 3 heterocycles. The van der Waals surface area contributed by atoms with Crippen LogP contribution in [0.1, 0.15) is 31.9 Å². The fourth-order valence-corrected chi connectivity index (χ4v) is 6.21. The quantitative estimate of drug-likeness (QED) is 0.0532. The topological polar surface area (TPSA) is 340 Å². The van der Waals surface area contributed by atoms with Crippen molar-refractivity contribution in [1.29, 1.82) is 0 Å². The van der Waals surface area contributed by atoms with E-state index in [-0.39, 0.29) is 12.2 Å². The molecule has 11 N–H and O–H groups in total. The fraction of sp³-hybridized carbons (Fsp3) is 0.720. The van der Waals surface area contributed by atoms with E-state index in [0.29, 0.717) is 12.2 Å². The number of carboxylic acids is 1. The lowest BCUT2D eigenvalue weighted by molar-refractivity contribution is -0.298. The zero-order chi connectivity index (χ0) is 36.0. The number of ketones is 1. The number of amides is 1. The van der Waals surface area contributed by atoms with Crippen LogP contribution in [0.5, 0.6) is 0 Å². The minimum Gasteiger partial charge on any atom is -0.477 e. The number of nitrogens with one attached hydrogen (secondary N) is 1. The molecule has 0 spiro atoms. The van der Waals surface area contributed by atoms with Crippen LogP contribution in [0.4, 0.5) is 5.82 Å².